The first kappa shape index (κ1) is 12.9. The Labute approximate surface area is 108 Å². The van der Waals surface area contributed by atoms with E-state index in [9.17, 15) is 9.90 Å². The zero-order valence-corrected chi connectivity index (χ0v) is 11.0. The number of rotatable bonds is 4. The maximum absolute atomic E-state index is 11.2. The van der Waals surface area contributed by atoms with Gasteiger partial charge in [-0.15, -0.1) is 0 Å². The van der Waals surface area contributed by atoms with Crippen molar-refractivity contribution in [3.8, 4) is 0 Å². The molecule has 0 spiro atoms. The van der Waals surface area contributed by atoms with Crippen LogP contribution in [0.4, 0.5) is 5.69 Å². The normalized spacial score (nSPS) is 18.0. The van der Waals surface area contributed by atoms with Gasteiger partial charge in [0.05, 0.1) is 17.4 Å². The van der Waals surface area contributed by atoms with Crippen molar-refractivity contribution in [3.05, 3.63) is 24.0 Å². The van der Waals surface area contributed by atoms with Crippen LogP contribution < -0.4 is 4.90 Å². The minimum atomic E-state index is -0.877. The van der Waals surface area contributed by atoms with Gasteiger partial charge in [-0.25, -0.2) is 4.79 Å². The number of nitrogens with zero attached hydrogens (tertiary/aromatic N) is 2. The molecule has 2 rings (SSSR count). The van der Waals surface area contributed by atoms with Crippen molar-refractivity contribution < 1.29 is 9.90 Å². The Morgan fingerprint density at radius 3 is 2.78 bits per heavy atom. The second kappa shape index (κ2) is 4.96. The van der Waals surface area contributed by atoms with Crippen LogP contribution in [0, 0.1) is 5.41 Å². The van der Waals surface area contributed by atoms with E-state index in [0.29, 0.717) is 11.0 Å². The van der Waals surface area contributed by atoms with Crippen molar-refractivity contribution in [2.75, 3.05) is 18.0 Å². The van der Waals surface area contributed by atoms with Gasteiger partial charge in [-0.05, 0) is 30.7 Å². The minimum absolute atomic E-state index is 0.339. The predicted octanol–water partition coefficient (Wildman–Crippen LogP) is 2.80. The van der Waals surface area contributed by atoms with E-state index in [4.69, 9.17) is 0 Å². The van der Waals surface area contributed by atoms with Gasteiger partial charge in [0.25, 0.3) is 0 Å². The third-order valence-electron chi connectivity index (χ3n) is 4.31. The molecule has 1 saturated heterocycles. The number of carboxylic acid groups (broad SMARTS) is 1. The number of carboxylic acids is 1. The van der Waals surface area contributed by atoms with E-state index in [2.05, 4.69) is 23.7 Å². The van der Waals surface area contributed by atoms with Gasteiger partial charge >= 0.3 is 5.97 Å². The highest BCUT2D eigenvalue weighted by Crippen LogP contribution is 2.39. The molecule has 0 amide bonds. The Morgan fingerprint density at radius 2 is 2.22 bits per heavy atom. The highest BCUT2D eigenvalue weighted by molar-refractivity contribution is 5.94. The fraction of sp³-hybridized carbons (Fsp3) is 0.571. The number of anilines is 1. The van der Waals surface area contributed by atoms with Crippen LogP contribution >= 0.6 is 0 Å². The summed E-state index contributed by atoms with van der Waals surface area (Å²) in [6.45, 7) is 6.29. The smallest absolute Gasteiger partial charge is 0.337 e. The first-order chi connectivity index (χ1) is 8.62. The van der Waals surface area contributed by atoms with Crippen LogP contribution in [0.2, 0.25) is 0 Å². The lowest BCUT2D eigenvalue weighted by molar-refractivity contribution is 0.0697. The molecule has 1 aromatic rings. The molecule has 1 N–H and O–H groups in total. The second-order valence-electron chi connectivity index (χ2n) is 5.08. The number of hydrogen-bond acceptors (Lipinski definition) is 3. The number of pyridine rings is 1. The van der Waals surface area contributed by atoms with Gasteiger partial charge in [-0.3, -0.25) is 4.98 Å². The summed E-state index contributed by atoms with van der Waals surface area (Å²) < 4.78 is 0. The van der Waals surface area contributed by atoms with E-state index in [0.717, 1.165) is 38.0 Å². The molecular weight excluding hydrogens is 228 g/mol. The number of aromatic nitrogens is 1. The van der Waals surface area contributed by atoms with Crippen molar-refractivity contribution in [1.29, 1.82) is 0 Å². The quantitative estimate of drug-likeness (QED) is 0.890. The molecule has 98 valence electrons. The van der Waals surface area contributed by atoms with Crippen LogP contribution in [0.5, 0.6) is 0 Å². The average Bonchev–Trinajstić information content (AvgIpc) is 2.83. The summed E-state index contributed by atoms with van der Waals surface area (Å²) in [5.74, 6) is -0.877. The molecule has 0 unspecified atom stereocenters. The topological polar surface area (TPSA) is 53.4 Å². The molecule has 1 aromatic heterocycles. The van der Waals surface area contributed by atoms with Crippen LogP contribution in [-0.4, -0.2) is 29.1 Å². The van der Waals surface area contributed by atoms with Crippen molar-refractivity contribution in [1.82, 2.24) is 4.98 Å². The first-order valence-corrected chi connectivity index (χ1v) is 6.54. The summed E-state index contributed by atoms with van der Waals surface area (Å²) >= 11 is 0. The Hall–Kier alpha value is -1.58. The summed E-state index contributed by atoms with van der Waals surface area (Å²) in [4.78, 5) is 17.5. The number of hydrogen-bond donors (Lipinski definition) is 1. The van der Waals surface area contributed by atoms with Gasteiger partial charge in [-0.2, -0.15) is 0 Å². The van der Waals surface area contributed by atoms with Gasteiger partial charge in [0.2, 0.25) is 0 Å². The SMILES string of the molecule is CCC1(CC)CCN(c2cnccc2C(=O)O)C1. The van der Waals surface area contributed by atoms with E-state index in [1.54, 1.807) is 12.3 Å². The lowest BCUT2D eigenvalue weighted by atomic mass is 9.82. The lowest BCUT2D eigenvalue weighted by Gasteiger charge is -2.27. The van der Waals surface area contributed by atoms with Gasteiger partial charge in [0.15, 0.2) is 0 Å². The molecule has 0 radical (unpaired) electrons. The van der Waals surface area contributed by atoms with E-state index >= 15 is 0 Å². The molecular formula is C14H20N2O2. The molecule has 0 aliphatic carbocycles. The van der Waals surface area contributed by atoms with Gasteiger partial charge in [0.1, 0.15) is 0 Å². The molecule has 1 aliphatic rings. The monoisotopic (exact) mass is 248 g/mol. The molecule has 1 aliphatic heterocycles. The third kappa shape index (κ3) is 2.19. The van der Waals surface area contributed by atoms with E-state index in [1.165, 1.54) is 6.20 Å². The Balaban J connectivity index is 2.27. The summed E-state index contributed by atoms with van der Waals surface area (Å²) in [5.41, 5.74) is 1.45. The average molecular weight is 248 g/mol. The predicted molar refractivity (Wildman–Crippen MR) is 71.0 cm³/mol. The largest absolute Gasteiger partial charge is 0.478 e. The van der Waals surface area contributed by atoms with Crippen LogP contribution in [0.15, 0.2) is 18.5 Å². The van der Waals surface area contributed by atoms with Crippen LogP contribution in [0.1, 0.15) is 43.5 Å². The lowest BCUT2D eigenvalue weighted by Crippen LogP contribution is -2.27. The molecule has 0 atom stereocenters. The number of aromatic carboxylic acids is 1. The van der Waals surface area contributed by atoms with Crippen molar-refractivity contribution in [3.63, 3.8) is 0 Å². The van der Waals surface area contributed by atoms with Crippen molar-refractivity contribution >= 4 is 11.7 Å². The summed E-state index contributed by atoms with van der Waals surface area (Å²) in [7, 11) is 0. The molecule has 4 heteroatoms. The van der Waals surface area contributed by atoms with Crippen molar-refractivity contribution in [2.45, 2.75) is 33.1 Å². The fourth-order valence-electron chi connectivity index (χ4n) is 2.79. The highest BCUT2D eigenvalue weighted by atomic mass is 16.4. The molecule has 1 fully saturated rings. The van der Waals surface area contributed by atoms with Gasteiger partial charge < -0.3 is 10.0 Å². The summed E-state index contributed by atoms with van der Waals surface area (Å²) in [6.07, 6.45) is 6.63. The van der Waals surface area contributed by atoms with Crippen molar-refractivity contribution in [2.24, 2.45) is 5.41 Å². The fourth-order valence-corrected chi connectivity index (χ4v) is 2.79. The van der Waals surface area contributed by atoms with E-state index in [-0.39, 0.29) is 0 Å². The molecule has 0 bridgehead atoms. The van der Waals surface area contributed by atoms with E-state index in [1.807, 2.05) is 0 Å². The second-order valence-corrected chi connectivity index (χ2v) is 5.08. The molecule has 0 saturated carbocycles. The standard InChI is InChI=1S/C14H20N2O2/c1-3-14(4-2)6-8-16(10-14)12-9-15-7-5-11(12)13(17)18/h5,7,9H,3-4,6,8,10H2,1-2H3,(H,17,18). The Bertz CT molecular complexity index is 441. The zero-order valence-electron chi connectivity index (χ0n) is 11.0. The Kier molecular flexibility index (Phi) is 3.55. The molecule has 2 heterocycles. The van der Waals surface area contributed by atoms with Crippen LogP contribution in [0.3, 0.4) is 0 Å². The third-order valence-corrected chi connectivity index (χ3v) is 4.31. The summed E-state index contributed by atoms with van der Waals surface area (Å²) in [5, 5.41) is 9.22. The summed E-state index contributed by atoms with van der Waals surface area (Å²) in [6, 6.07) is 1.58. The molecule has 0 aromatic carbocycles. The number of carbonyl (C=O) groups is 1. The van der Waals surface area contributed by atoms with E-state index < -0.39 is 5.97 Å². The van der Waals surface area contributed by atoms with Gasteiger partial charge in [-0.1, -0.05) is 13.8 Å². The first-order valence-electron chi connectivity index (χ1n) is 6.54. The molecule has 18 heavy (non-hydrogen) atoms. The van der Waals surface area contributed by atoms with Gasteiger partial charge in [0, 0.05) is 19.3 Å². The maximum atomic E-state index is 11.2. The zero-order chi connectivity index (χ0) is 13.2. The van der Waals surface area contributed by atoms with Crippen LogP contribution in [0.25, 0.3) is 0 Å². The minimum Gasteiger partial charge on any atom is -0.478 e. The molecule has 4 nitrogen and oxygen atoms in total. The Morgan fingerprint density at radius 1 is 1.50 bits per heavy atom. The van der Waals surface area contributed by atoms with Crippen LogP contribution in [-0.2, 0) is 0 Å². The highest BCUT2D eigenvalue weighted by Gasteiger charge is 2.36. The maximum Gasteiger partial charge on any atom is 0.337 e.